The Kier molecular flexibility index (Phi) is 6.44. The van der Waals surface area contributed by atoms with E-state index in [2.05, 4.69) is 138 Å². The summed E-state index contributed by atoms with van der Waals surface area (Å²) >= 11 is 1.84. The van der Waals surface area contributed by atoms with Gasteiger partial charge in [0, 0.05) is 63.8 Å². The van der Waals surface area contributed by atoms with Gasteiger partial charge in [-0.05, 0) is 41.3 Å². The normalized spacial score (nSPS) is 12.0. The molecule has 0 aliphatic heterocycles. The average Bonchev–Trinajstić information content (AvgIpc) is 3.93. The Balaban J connectivity index is 1.21. The van der Waals surface area contributed by atoms with Crippen LogP contribution in [0.3, 0.4) is 0 Å². The molecule has 12 rings (SSSR count). The summed E-state index contributed by atoms with van der Waals surface area (Å²) in [6.45, 7) is 0. The van der Waals surface area contributed by atoms with Gasteiger partial charge in [-0.3, -0.25) is 4.57 Å². The lowest BCUT2D eigenvalue weighted by atomic mass is 9.97. The number of thiophene rings is 1. The van der Waals surface area contributed by atoms with E-state index in [1.807, 2.05) is 47.7 Å². The monoisotopic (exact) mass is 720 g/mol. The number of fused-ring (bicyclic) bond motifs is 11. The third-order valence-electron chi connectivity index (χ3n) is 10.9. The zero-order chi connectivity index (χ0) is 36.0. The van der Waals surface area contributed by atoms with E-state index in [9.17, 15) is 0 Å². The van der Waals surface area contributed by atoms with E-state index >= 15 is 0 Å². The van der Waals surface area contributed by atoms with Crippen LogP contribution in [-0.2, 0) is 0 Å². The van der Waals surface area contributed by atoms with E-state index in [1.165, 1.54) is 25.7 Å². The van der Waals surface area contributed by atoms with Crippen LogP contribution in [0, 0.1) is 0 Å². The van der Waals surface area contributed by atoms with E-state index in [0.29, 0.717) is 17.6 Å². The maximum Gasteiger partial charge on any atom is 0.238 e. The molecule has 0 aliphatic rings. The molecule has 5 nitrogen and oxygen atoms in total. The Morgan fingerprint density at radius 2 is 1.07 bits per heavy atom. The number of para-hydroxylation sites is 2. The maximum absolute atomic E-state index is 6.34. The van der Waals surface area contributed by atoms with Crippen LogP contribution in [0.15, 0.2) is 174 Å². The highest BCUT2D eigenvalue weighted by atomic mass is 32.1. The summed E-state index contributed by atoms with van der Waals surface area (Å²) in [6.07, 6.45) is 0. The SMILES string of the molecule is c1ccc(-c2nc(-c3ccc4c(c3)oc3ccccc34)nc(-n3c4c(-c5cccc6sc7ccccc7c56)cccc4c4ccc5ccccc5c43)n2)cc1. The van der Waals surface area contributed by atoms with Crippen LogP contribution in [-0.4, -0.2) is 19.5 Å². The zero-order valence-electron chi connectivity index (χ0n) is 29.3. The number of furan rings is 1. The lowest BCUT2D eigenvalue weighted by Crippen LogP contribution is -2.07. The summed E-state index contributed by atoms with van der Waals surface area (Å²) in [5, 5.41) is 9.24. The van der Waals surface area contributed by atoms with E-state index in [-0.39, 0.29) is 0 Å². The van der Waals surface area contributed by atoms with Gasteiger partial charge in [-0.2, -0.15) is 9.97 Å². The number of aromatic nitrogens is 4. The molecule has 0 spiro atoms. The fourth-order valence-corrected chi connectivity index (χ4v) is 9.55. The number of hydrogen-bond acceptors (Lipinski definition) is 5. The third-order valence-corrected chi connectivity index (χ3v) is 12.0. The summed E-state index contributed by atoms with van der Waals surface area (Å²) in [6, 6.07) is 59.7. The Labute approximate surface area is 318 Å². The fourth-order valence-electron chi connectivity index (χ4n) is 8.42. The van der Waals surface area contributed by atoms with Crippen LogP contribution in [0.2, 0.25) is 0 Å². The largest absolute Gasteiger partial charge is 0.456 e. The number of hydrogen-bond donors (Lipinski definition) is 0. The van der Waals surface area contributed by atoms with E-state index in [1.54, 1.807) is 0 Å². The molecule has 0 unspecified atom stereocenters. The quantitative estimate of drug-likeness (QED) is 0.182. The standard InChI is InChI=1S/C49H28N4OS/c1-2-13-30(14-3-1)47-50-48(31-25-26-34-33-16-6-8-21-40(33)54-41(34)28-31)52-49(51-47)53-45-32-15-5-4-12-29(32)24-27-38(45)37-20-10-19-36(46(37)53)35-18-11-23-43-44(35)39-17-7-9-22-42(39)55-43/h1-28H. The van der Waals surface area contributed by atoms with Crippen molar-refractivity contribution in [2.75, 3.05) is 0 Å². The summed E-state index contributed by atoms with van der Waals surface area (Å²) < 4.78 is 11.2. The minimum Gasteiger partial charge on any atom is -0.456 e. The van der Waals surface area contributed by atoms with Crippen molar-refractivity contribution < 1.29 is 4.42 Å². The summed E-state index contributed by atoms with van der Waals surface area (Å²) in [5.74, 6) is 1.73. The smallest absolute Gasteiger partial charge is 0.238 e. The third kappa shape index (κ3) is 4.55. The second-order valence-corrected chi connectivity index (χ2v) is 15.0. The first-order valence-electron chi connectivity index (χ1n) is 18.4. The van der Waals surface area contributed by atoms with Crippen molar-refractivity contribution >= 4 is 86.0 Å². The molecule has 0 amide bonds. The Morgan fingerprint density at radius 1 is 0.418 bits per heavy atom. The lowest BCUT2D eigenvalue weighted by molar-refractivity contribution is 0.669. The Hall–Kier alpha value is -7.15. The van der Waals surface area contributed by atoms with Gasteiger partial charge in [0.25, 0.3) is 0 Å². The molecule has 4 aromatic heterocycles. The molecule has 4 heterocycles. The summed E-state index contributed by atoms with van der Waals surface area (Å²) in [7, 11) is 0. The van der Waals surface area contributed by atoms with Gasteiger partial charge in [0.05, 0.1) is 11.0 Å². The number of benzene rings is 8. The van der Waals surface area contributed by atoms with Gasteiger partial charge >= 0.3 is 0 Å². The van der Waals surface area contributed by atoms with E-state index < -0.39 is 0 Å². The molecule has 0 N–H and O–H groups in total. The van der Waals surface area contributed by atoms with Gasteiger partial charge in [0.1, 0.15) is 11.2 Å². The van der Waals surface area contributed by atoms with Crippen LogP contribution in [0.5, 0.6) is 0 Å². The van der Waals surface area contributed by atoms with Crippen molar-refractivity contribution in [3.8, 4) is 39.9 Å². The van der Waals surface area contributed by atoms with Gasteiger partial charge in [0.2, 0.25) is 5.95 Å². The number of rotatable bonds is 4. The van der Waals surface area contributed by atoms with Crippen molar-refractivity contribution in [2.45, 2.75) is 0 Å². The molecular weight excluding hydrogens is 693 g/mol. The first-order valence-corrected chi connectivity index (χ1v) is 19.2. The highest BCUT2D eigenvalue weighted by molar-refractivity contribution is 7.25. The van der Waals surface area contributed by atoms with Gasteiger partial charge in [0.15, 0.2) is 11.6 Å². The second kappa shape index (κ2) is 11.7. The summed E-state index contributed by atoms with van der Waals surface area (Å²) in [5.41, 5.74) is 7.84. The number of nitrogens with zero attached hydrogens (tertiary/aromatic N) is 4. The molecule has 0 bridgehead atoms. The predicted molar refractivity (Wildman–Crippen MR) is 228 cm³/mol. The second-order valence-electron chi connectivity index (χ2n) is 14.0. The van der Waals surface area contributed by atoms with Crippen LogP contribution in [0.25, 0.3) is 115 Å². The van der Waals surface area contributed by atoms with E-state index in [4.69, 9.17) is 19.4 Å². The first-order chi connectivity index (χ1) is 27.3. The molecule has 256 valence electrons. The molecule has 0 saturated carbocycles. The Morgan fingerprint density at radius 3 is 1.98 bits per heavy atom. The molecular formula is C49H28N4OS. The molecule has 0 aliphatic carbocycles. The average molecular weight is 721 g/mol. The molecule has 6 heteroatoms. The molecule has 55 heavy (non-hydrogen) atoms. The van der Waals surface area contributed by atoms with Crippen LogP contribution in [0.4, 0.5) is 0 Å². The lowest BCUT2D eigenvalue weighted by Gasteiger charge is -2.14. The van der Waals surface area contributed by atoms with Crippen LogP contribution < -0.4 is 0 Å². The van der Waals surface area contributed by atoms with Crippen molar-refractivity contribution in [1.29, 1.82) is 0 Å². The Bertz CT molecular complexity index is 3500. The zero-order valence-corrected chi connectivity index (χ0v) is 30.1. The topological polar surface area (TPSA) is 56.7 Å². The molecule has 8 aromatic carbocycles. The van der Waals surface area contributed by atoms with Crippen LogP contribution in [0.1, 0.15) is 0 Å². The van der Waals surface area contributed by atoms with Crippen molar-refractivity contribution in [1.82, 2.24) is 19.5 Å². The maximum atomic E-state index is 6.34. The molecule has 0 fully saturated rings. The molecule has 12 aromatic rings. The first kappa shape index (κ1) is 30.3. The minimum atomic E-state index is 0.555. The minimum absolute atomic E-state index is 0.555. The van der Waals surface area contributed by atoms with Crippen LogP contribution >= 0.6 is 11.3 Å². The highest BCUT2D eigenvalue weighted by Crippen LogP contribution is 2.45. The molecule has 0 atom stereocenters. The van der Waals surface area contributed by atoms with Gasteiger partial charge in [-0.15, -0.1) is 11.3 Å². The summed E-state index contributed by atoms with van der Waals surface area (Å²) in [4.78, 5) is 15.8. The molecule has 0 saturated heterocycles. The van der Waals surface area contributed by atoms with Gasteiger partial charge in [-0.25, -0.2) is 4.98 Å². The van der Waals surface area contributed by atoms with Crippen molar-refractivity contribution in [2.24, 2.45) is 0 Å². The highest BCUT2D eigenvalue weighted by Gasteiger charge is 2.23. The van der Waals surface area contributed by atoms with E-state index in [0.717, 1.165) is 71.2 Å². The predicted octanol–water partition coefficient (Wildman–Crippen LogP) is 13.4. The van der Waals surface area contributed by atoms with Gasteiger partial charge in [-0.1, -0.05) is 140 Å². The molecule has 0 radical (unpaired) electrons. The van der Waals surface area contributed by atoms with Gasteiger partial charge < -0.3 is 4.42 Å². The van der Waals surface area contributed by atoms with Crippen molar-refractivity contribution in [3.63, 3.8) is 0 Å². The fraction of sp³-hybridized carbons (Fsp3) is 0. The van der Waals surface area contributed by atoms with Crippen molar-refractivity contribution in [3.05, 3.63) is 170 Å².